The summed E-state index contributed by atoms with van der Waals surface area (Å²) in [6.07, 6.45) is 0.542. The summed E-state index contributed by atoms with van der Waals surface area (Å²) in [6, 6.07) is 4.05. The normalized spacial score (nSPS) is 22.9. The Morgan fingerprint density at radius 3 is 2.94 bits per heavy atom. The Balaban J connectivity index is 1.42. The highest BCUT2D eigenvalue weighted by molar-refractivity contribution is 5.86. The molecule has 10 heteroatoms. The number of halogens is 2. The predicted octanol–water partition coefficient (Wildman–Crippen LogP) is 1.88. The van der Waals surface area contributed by atoms with Gasteiger partial charge in [0.2, 0.25) is 0 Å². The molecule has 1 aliphatic heterocycles. The summed E-state index contributed by atoms with van der Waals surface area (Å²) in [5.74, 6) is 0.689. The number of alkyl halides is 2. The van der Waals surface area contributed by atoms with Crippen molar-refractivity contribution in [3.8, 4) is 5.75 Å². The van der Waals surface area contributed by atoms with Gasteiger partial charge < -0.3 is 30.6 Å². The van der Waals surface area contributed by atoms with Crippen LogP contribution < -0.4 is 15.8 Å². The van der Waals surface area contributed by atoms with E-state index in [0.717, 1.165) is 17.7 Å². The van der Waals surface area contributed by atoms with Crippen LogP contribution in [0, 0.1) is 0 Å². The van der Waals surface area contributed by atoms with Crippen LogP contribution in [-0.4, -0.2) is 50.1 Å². The fourth-order valence-electron chi connectivity index (χ4n) is 4.43. The molecule has 3 heterocycles. The molecule has 0 amide bonds. The first-order valence-corrected chi connectivity index (χ1v) is 10.3. The SMILES string of the molecule is Nc1ncnc2c1ccn2[C@@H]1C=C(COc2cc(C(F)F)cc3c2CNCC3)[C@@H](O)[C@H]1O. The summed E-state index contributed by atoms with van der Waals surface area (Å²) >= 11 is 0. The number of nitrogens with one attached hydrogen (secondary N) is 1. The van der Waals surface area contributed by atoms with E-state index in [2.05, 4.69) is 15.3 Å². The number of nitrogen functional groups attached to an aromatic ring is 1. The first-order chi connectivity index (χ1) is 15.4. The molecule has 3 atom stereocenters. The Kier molecular flexibility index (Phi) is 5.28. The molecule has 0 saturated carbocycles. The third-order valence-electron chi connectivity index (χ3n) is 6.14. The van der Waals surface area contributed by atoms with E-state index in [1.807, 2.05) is 0 Å². The monoisotopic (exact) mass is 443 g/mol. The van der Waals surface area contributed by atoms with Gasteiger partial charge in [0, 0.05) is 23.9 Å². The number of benzene rings is 1. The Bertz CT molecular complexity index is 1200. The average Bonchev–Trinajstić information content (AvgIpc) is 3.34. The molecule has 0 unspecified atom stereocenters. The number of hydrogen-bond donors (Lipinski definition) is 4. The third-order valence-corrected chi connectivity index (χ3v) is 6.14. The van der Waals surface area contributed by atoms with E-state index in [-0.39, 0.29) is 12.2 Å². The van der Waals surface area contributed by atoms with Gasteiger partial charge in [-0.15, -0.1) is 0 Å². The van der Waals surface area contributed by atoms with Crippen LogP contribution in [0.15, 0.2) is 42.4 Å². The lowest BCUT2D eigenvalue weighted by Gasteiger charge is -2.23. The molecule has 1 aliphatic carbocycles. The van der Waals surface area contributed by atoms with E-state index in [1.54, 1.807) is 22.9 Å². The van der Waals surface area contributed by atoms with Crippen molar-refractivity contribution in [1.29, 1.82) is 0 Å². The summed E-state index contributed by atoms with van der Waals surface area (Å²) < 4.78 is 34.3. The highest BCUT2D eigenvalue weighted by Gasteiger charge is 2.36. The fraction of sp³-hybridized carbons (Fsp3) is 0.364. The first kappa shape index (κ1) is 20.8. The van der Waals surface area contributed by atoms with Crippen LogP contribution in [0.4, 0.5) is 14.6 Å². The molecule has 168 valence electrons. The summed E-state index contributed by atoms with van der Waals surface area (Å²) in [4.78, 5) is 8.20. The lowest BCUT2D eigenvalue weighted by molar-refractivity contribution is 0.0295. The molecular formula is C22H23F2N5O3. The number of aliphatic hydroxyl groups excluding tert-OH is 2. The first-order valence-electron chi connectivity index (χ1n) is 10.3. The lowest BCUT2D eigenvalue weighted by Crippen LogP contribution is -2.30. The van der Waals surface area contributed by atoms with Crippen molar-refractivity contribution in [1.82, 2.24) is 19.9 Å². The minimum Gasteiger partial charge on any atom is -0.489 e. The molecule has 0 spiro atoms. The quantitative estimate of drug-likeness (QED) is 0.445. The van der Waals surface area contributed by atoms with Gasteiger partial charge in [0.15, 0.2) is 0 Å². The second-order valence-electron chi connectivity index (χ2n) is 8.06. The number of anilines is 1. The zero-order chi connectivity index (χ0) is 22.4. The second kappa shape index (κ2) is 8.12. The zero-order valence-electron chi connectivity index (χ0n) is 17.1. The number of fused-ring (bicyclic) bond motifs is 2. The van der Waals surface area contributed by atoms with Crippen LogP contribution in [-0.2, 0) is 13.0 Å². The van der Waals surface area contributed by atoms with E-state index in [1.165, 1.54) is 18.5 Å². The zero-order valence-corrected chi connectivity index (χ0v) is 17.1. The van der Waals surface area contributed by atoms with E-state index < -0.39 is 24.7 Å². The van der Waals surface area contributed by atoms with Crippen molar-refractivity contribution in [3.05, 3.63) is 59.1 Å². The van der Waals surface area contributed by atoms with E-state index in [9.17, 15) is 19.0 Å². The molecule has 0 fully saturated rings. The van der Waals surface area contributed by atoms with Crippen molar-refractivity contribution in [3.63, 3.8) is 0 Å². The Hall–Kier alpha value is -3.08. The van der Waals surface area contributed by atoms with Crippen molar-refractivity contribution in [2.75, 3.05) is 18.9 Å². The van der Waals surface area contributed by atoms with Crippen LogP contribution in [0.2, 0.25) is 0 Å². The molecule has 2 aromatic heterocycles. The van der Waals surface area contributed by atoms with Gasteiger partial charge in [-0.1, -0.05) is 6.08 Å². The van der Waals surface area contributed by atoms with Gasteiger partial charge in [-0.3, -0.25) is 0 Å². The topological polar surface area (TPSA) is 118 Å². The Labute approximate surface area is 182 Å². The van der Waals surface area contributed by atoms with Gasteiger partial charge in [-0.05, 0) is 42.3 Å². The number of nitrogens with two attached hydrogens (primary N) is 1. The molecule has 5 rings (SSSR count). The number of rotatable bonds is 5. The molecule has 8 nitrogen and oxygen atoms in total. The number of hydrogen-bond acceptors (Lipinski definition) is 7. The van der Waals surface area contributed by atoms with Gasteiger partial charge in [-0.25, -0.2) is 18.7 Å². The molecule has 0 saturated heterocycles. The van der Waals surface area contributed by atoms with Gasteiger partial charge in [0.1, 0.15) is 42.4 Å². The molecule has 32 heavy (non-hydrogen) atoms. The molecule has 1 aromatic carbocycles. The van der Waals surface area contributed by atoms with E-state index in [0.29, 0.717) is 41.1 Å². The number of aliphatic hydroxyl groups is 2. The van der Waals surface area contributed by atoms with Gasteiger partial charge in [0.05, 0.1) is 11.4 Å². The van der Waals surface area contributed by atoms with E-state index >= 15 is 0 Å². The predicted molar refractivity (Wildman–Crippen MR) is 113 cm³/mol. The maximum atomic E-state index is 13.4. The summed E-state index contributed by atoms with van der Waals surface area (Å²) in [5.41, 5.74) is 8.49. The molecule has 0 radical (unpaired) electrons. The number of ether oxygens (including phenoxy) is 1. The van der Waals surface area contributed by atoms with Crippen LogP contribution in [0.25, 0.3) is 11.0 Å². The Morgan fingerprint density at radius 2 is 2.12 bits per heavy atom. The minimum atomic E-state index is -2.60. The molecule has 0 bridgehead atoms. The van der Waals surface area contributed by atoms with Gasteiger partial charge in [-0.2, -0.15) is 0 Å². The maximum Gasteiger partial charge on any atom is 0.263 e. The summed E-state index contributed by atoms with van der Waals surface area (Å²) in [6.45, 7) is 1.21. The maximum absolute atomic E-state index is 13.4. The second-order valence-corrected chi connectivity index (χ2v) is 8.06. The fourth-order valence-corrected chi connectivity index (χ4v) is 4.43. The van der Waals surface area contributed by atoms with Crippen LogP contribution in [0.1, 0.15) is 29.2 Å². The van der Waals surface area contributed by atoms with Gasteiger partial charge in [0.25, 0.3) is 6.43 Å². The van der Waals surface area contributed by atoms with Crippen LogP contribution in [0.3, 0.4) is 0 Å². The molecule has 5 N–H and O–H groups in total. The summed E-state index contributed by atoms with van der Waals surface area (Å²) in [5, 5.41) is 25.2. The highest BCUT2D eigenvalue weighted by Crippen LogP contribution is 2.35. The average molecular weight is 443 g/mol. The number of nitrogens with zero attached hydrogens (tertiary/aromatic N) is 3. The van der Waals surface area contributed by atoms with Gasteiger partial charge >= 0.3 is 0 Å². The Morgan fingerprint density at radius 1 is 1.28 bits per heavy atom. The molecule has 2 aliphatic rings. The smallest absolute Gasteiger partial charge is 0.263 e. The van der Waals surface area contributed by atoms with Crippen LogP contribution in [0.5, 0.6) is 5.75 Å². The lowest BCUT2D eigenvalue weighted by atomic mass is 9.97. The third kappa shape index (κ3) is 3.50. The van der Waals surface area contributed by atoms with E-state index in [4.69, 9.17) is 10.5 Å². The van der Waals surface area contributed by atoms with Crippen molar-refractivity contribution in [2.45, 2.75) is 37.6 Å². The molecular weight excluding hydrogens is 420 g/mol. The number of aromatic nitrogens is 3. The standard InChI is InChI=1S/C22H23F2N5O3/c23-20(24)12-5-11-1-3-26-8-15(11)17(7-12)32-9-13-6-16(19(31)18(13)30)29-4-2-14-21(25)27-10-28-22(14)29/h2,4-7,10,16,18-20,26,30-31H,1,3,8-9H2,(H2,25,27,28)/t16-,18-,19+/m1/s1. The molecule has 3 aromatic rings. The van der Waals surface area contributed by atoms with Crippen molar-refractivity contribution < 1.29 is 23.7 Å². The summed E-state index contributed by atoms with van der Waals surface area (Å²) in [7, 11) is 0. The van der Waals surface area contributed by atoms with Crippen molar-refractivity contribution >= 4 is 16.9 Å². The minimum absolute atomic E-state index is 0.0375. The van der Waals surface area contributed by atoms with Crippen LogP contribution >= 0.6 is 0 Å². The van der Waals surface area contributed by atoms with Crippen molar-refractivity contribution in [2.24, 2.45) is 0 Å². The largest absolute Gasteiger partial charge is 0.489 e. The highest BCUT2D eigenvalue weighted by atomic mass is 19.3.